The van der Waals surface area contributed by atoms with E-state index in [0.29, 0.717) is 22.1 Å². The summed E-state index contributed by atoms with van der Waals surface area (Å²) in [5, 5.41) is 12.0. The summed E-state index contributed by atoms with van der Waals surface area (Å²) in [7, 11) is 1.46. The van der Waals surface area contributed by atoms with E-state index in [1.165, 1.54) is 31.4 Å². The van der Waals surface area contributed by atoms with E-state index in [1.54, 1.807) is 24.3 Å². The van der Waals surface area contributed by atoms with Gasteiger partial charge in [-0.3, -0.25) is 10.1 Å². The number of hydrogen-bond acceptors (Lipinski definition) is 7. The van der Waals surface area contributed by atoms with Gasteiger partial charge < -0.3 is 14.2 Å². The lowest BCUT2D eigenvalue weighted by Crippen LogP contribution is -2.06. The highest BCUT2D eigenvalue weighted by Crippen LogP contribution is 2.38. The van der Waals surface area contributed by atoms with Crippen LogP contribution in [-0.2, 0) is 16.1 Å². The largest absolute Gasteiger partial charge is 0.493 e. The van der Waals surface area contributed by atoms with Gasteiger partial charge in [-0.05, 0) is 53.6 Å². The van der Waals surface area contributed by atoms with E-state index in [0.717, 1.165) is 5.56 Å². The molecule has 3 aromatic carbocycles. The van der Waals surface area contributed by atoms with Crippen molar-refractivity contribution in [2.24, 2.45) is 4.99 Å². The summed E-state index contributed by atoms with van der Waals surface area (Å²) in [5.41, 5.74) is 1.28. The normalized spacial score (nSPS) is 14.0. The van der Waals surface area contributed by atoms with Crippen LogP contribution in [0.25, 0.3) is 6.08 Å². The lowest BCUT2D eigenvalue weighted by molar-refractivity contribution is -0.384. The van der Waals surface area contributed by atoms with Gasteiger partial charge in [0.1, 0.15) is 11.6 Å². The molecule has 3 aromatic rings. The predicted molar refractivity (Wildman–Crippen MR) is 133 cm³/mol. The number of cyclic esters (lactones) is 1. The van der Waals surface area contributed by atoms with E-state index in [4.69, 9.17) is 49.0 Å². The molecular weight excluding hydrogens is 519 g/mol. The smallest absolute Gasteiger partial charge is 0.363 e. The Morgan fingerprint density at radius 1 is 1.06 bits per heavy atom. The minimum absolute atomic E-state index is 0.0226. The molecule has 0 radical (unpaired) electrons. The molecule has 0 amide bonds. The summed E-state index contributed by atoms with van der Waals surface area (Å²) in [6, 6.07) is 14.4. The quantitative estimate of drug-likeness (QED) is 0.149. The van der Waals surface area contributed by atoms with Crippen LogP contribution in [0.15, 0.2) is 65.3 Å². The molecule has 1 heterocycles. The van der Waals surface area contributed by atoms with Crippen molar-refractivity contribution in [3.8, 4) is 11.5 Å². The number of nitro benzene ring substituents is 1. The summed E-state index contributed by atoms with van der Waals surface area (Å²) in [6.07, 6.45) is 1.46. The maximum atomic E-state index is 12.4. The number of ether oxygens (including phenoxy) is 3. The molecule has 1 aliphatic heterocycles. The number of nitrogens with zero attached hydrogens (tertiary/aromatic N) is 2. The van der Waals surface area contributed by atoms with Crippen molar-refractivity contribution in [3.05, 3.63) is 102 Å². The van der Waals surface area contributed by atoms with Gasteiger partial charge in [-0.15, -0.1) is 0 Å². The summed E-state index contributed by atoms with van der Waals surface area (Å²) < 4.78 is 16.4. The predicted octanol–water partition coefficient (Wildman–Crippen LogP) is 6.49. The van der Waals surface area contributed by atoms with Crippen molar-refractivity contribution < 1.29 is 23.9 Å². The number of carbonyl (C=O) groups is 1. The molecule has 0 spiro atoms. The summed E-state index contributed by atoms with van der Waals surface area (Å²) in [6.45, 7) is 0.237. The molecule has 1 aliphatic rings. The molecule has 8 nitrogen and oxygen atoms in total. The number of hydrogen-bond donors (Lipinski definition) is 0. The third-order valence-electron chi connectivity index (χ3n) is 4.86. The third kappa shape index (κ3) is 5.57. The molecule has 0 unspecified atom stereocenters. The zero-order chi connectivity index (χ0) is 25.1. The molecule has 178 valence electrons. The second kappa shape index (κ2) is 10.4. The SMILES string of the molecule is COc1cc(/C=C2\N=C(c3ccc(Cl)c([N+](=O)[O-])c3)OC2=O)cc(Cl)c1OCc1ccc(Cl)cc1. The highest BCUT2D eigenvalue weighted by molar-refractivity contribution is 6.33. The van der Waals surface area contributed by atoms with E-state index < -0.39 is 10.9 Å². The fourth-order valence-corrected chi connectivity index (χ4v) is 3.76. The standard InChI is InChI=1S/C24H15Cl3N2O6/c1-33-21-10-14(8-18(27)22(21)34-12-13-2-5-16(25)6-3-13)9-19-24(30)35-23(28-19)15-4-7-17(26)20(11-15)29(31)32/h2-11H,12H2,1H3/b19-9-. The van der Waals surface area contributed by atoms with E-state index in [-0.39, 0.29) is 39.5 Å². The van der Waals surface area contributed by atoms with Crippen molar-refractivity contribution in [1.82, 2.24) is 0 Å². The average Bonchev–Trinajstić information content (AvgIpc) is 3.19. The Hall–Kier alpha value is -3.59. The summed E-state index contributed by atoms with van der Waals surface area (Å²) in [5.74, 6) is -0.127. The number of nitro groups is 1. The molecule has 0 aliphatic carbocycles. The number of aliphatic imine (C=N–C) groups is 1. The molecule has 0 atom stereocenters. The van der Waals surface area contributed by atoms with Gasteiger partial charge in [0, 0.05) is 16.7 Å². The van der Waals surface area contributed by atoms with Gasteiger partial charge in [0.05, 0.1) is 17.1 Å². The van der Waals surface area contributed by atoms with Crippen LogP contribution in [-0.4, -0.2) is 23.9 Å². The molecular formula is C24H15Cl3N2O6. The second-order valence-corrected chi connectivity index (χ2v) is 8.46. The Bertz CT molecular complexity index is 1390. The number of halogens is 3. The van der Waals surface area contributed by atoms with Crippen LogP contribution in [0.3, 0.4) is 0 Å². The van der Waals surface area contributed by atoms with Crippen molar-refractivity contribution in [3.63, 3.8) is 0 Å². The number of esters is 1. The third-order valence-corrected chi connectivity index (χ3v) is 5.71. The van der Waals surface area contributed by atoms with Crippen LogP contribution in [0.4, 0.5) is 5.69 Å². The van der Waals surface area contributed by atoms with E-state index in [9.17, 15) is 14.9 Å². The van der Waals surface area contributed by atoms with Crippen LogP contribution in [0.1, 0.15) is 16.7 Å². The monoisotopic (exact) mass is 532 g/mol. The molecule has 4 rings (SSSR count). The Morgan fingerprint density at radius 3 is 2.49 bits per heavy atom. The lowest BCUT2D eigenvalue weighted by Gasteiger charge is -2.13. The molecule has 0 N–H and O–H groups in total. The fourth-order valence-electron chi connectivity index (χ4n) is 3.18. The van der Waals surface area contributed by atoms with Gasteiger partial charge >= 0.3 is 5.97 Å². The number of carbonyl (C=O) groups excluding carboxylic acids is 1. The second-order valence-electron chi connectivity index (χ2n) is 7.21. The van der Waals surface area contributed by atoms with Crippen LogP contribution in [0.5, 0.6) is 11.5 Å². The Morgan fingerprint density at radius 2 is 1.80 bits per heavy atom. The summed E-state index contributed by atoms with van der Waals surface area (Å²) in [4.78, 5) is 27.1. The number of rotatable bonds is 7. The zero-order valence-corrected chi connectivity index (χ0v) is 20.2. The molecule has 0 aromatic heterocycles. The van der Waals surface area contributed by atoms with Crippen LogP contribution in [0.2, 0.25) is 15.1 Å². The van der Waals surface area contributed by atoms with Crippen LogP contribution >= 0.6 is 34.8 Å². The minimum atomic E-state index is -0.726. The maximum Gasteiger partial charge on any atom is 0.363 e. The molecule has 11 heteroatoms. The van der Waals surface area contributed by atoms with Gasteiger partial charge in [-0.2, -0.15) is 0 Å². The van der Waals surface area contributed by atoms with Gasteiger partial charge in [-0.1, -0.05) is 46.9 Å². The fraction of sp³-hybridized carbons (Fsp3) is 0.0833. The Kier molecular flexibility index (Phi) is 7.25. The van der Waals surface area contributed by atoms with Crippen LogP contribution in [0, 0.1) is 10.1 Å². The first-order valence-electron chi connectivity index (χ1n) is 9.97. The highest BCUT2D eigenvalue weighted by Gasteiger charge is 2.26. The molecule has 0 saturated carbocycles. The number of methoxy groups -OCH3 is 1. The van der Waals surface area contributed by atoms with Gasteiger partial charge in [-0.25, -0.2) is 9.79 Å². The lowest BCUT2D eigenvalue weighted by atomic mass is 10.1. The average molecular weight is 534 g/mol. The first kappa shape index (κ1) is 24.5. The Labute approximate surface area is 214 Å². The van der Waals surface area contributed by atoms with Crippen LogP contribution < -0.4 is 9.47 Å². The Balaban J connectivity index is 1.60. The highest BCUT2D eigenvalue weighted by atomic mass is 35.5. The minimum Gasteiger partial charge on any atom is -0.493 e. The van der Waals surface area contributed by atoms with Gasteiger partial charge in [0.25, 0.3) is 5.69 Å². The van der Waals surface area contributed by atoms with Crippen molar-refractivity contribution in [2.75, 3.05) is 7.11 Å². The molecule has 35 heavy (non-hydrogen) atoms. The van der Waals surface area contributed by atoms with E-state index in [1.807, 2.05) is 12.1 Å². The van der Waals surface area contributed by atoms with Gasteiger partial charge in [0.15, 0.2) is 17.2 Å². The topological polar surface area (TPSA) is 100 Å². The van der Waals surface area contributed by atoms with E-state index in [2.05, 4.69) is 4.99 Å². The molecule has 0 saturated heterocycles. The van der Waals surface area contributed by atoms with E-state index >= 15 is 0 Å². The maximum absolute atomic E-state index is 12.4. The molecule has 0 bridgehead atoms. The van der Waals surface area contributed by atoms with Gasteiger partial charge in [0.2, 0.25) is 5.90 Å². The first-order valence-corrected chi connectivity index (χ1v) is 11.1. The van der Waals surface area contributed by atoms with Crippen molar-refractivity contribution >= 4 is 58.4 Å². The van der Waals surface area contributed by atoms with Crippen molar-refractivity contribution in [1.29, 1.82) is 0 Å². The number of benzene rings is 3. The first-order chi connectivity index (χ1) is 16.7. The molecule has 0 fully saturated rings. The zero-order valence-electron chi connectivity index (χ0n) is 18.0. The summed E-state index contributed by atoms with van der Waals surface area (Å²) >= 11 is 18.2. The van der Waals surface area contributed by atoms with Crippen molar-refractivity contribution in [2.45, 2.75) is 6.61 Å².